The fourth-order valence-electron chi connectivity index (χ4n) is 2.80. The lowest BCUT2D eigenvalue weighted by atomic mass is 9.92. The standard InChI is InChI=1S/C19H24ClNO3/c1-13(2)24-18(22)12-17(15-10-6-7-11-16(15)20)21-19(23)14-8-4-3-5-9-14/h3-4,6-7,10-11,13-14,17H,5,8-9,12H2,1-2H3,(H,21,23)/t14-,17-/m0/s1. The van der Waals surface area contributed by atoms with Crippen LogP contribution in [-0.2, 0) is 14.3 Å². The molecule has 2 atom stereocenters. The predicted molar refractivity (Wildman–Crippen MR) is 94.7 cm³/mol. The van der Waals surface area contributed by atoms with E-state index in [-0.39, 0.29) is 30.3 Å². The average molecular weight is 350 g/mol. The molecular formula is C19H24ClNO3. The molecule has 0 spiro atoms. The van der Waals surface area contributed by atoms with Crippen LogP contribution in [-0.4, -0.2) is 18.0 Å². The molecule has 4 nitrogen and oxygen atoms in total. The highest BCUT2D eigenvalue weighted by atomic mass is 35.5. The van der Waals surface area contributed by atoms with Gasteiger partial charge in [-0.05, 0) is 44.7 Å². The van der Waals surface area contributed by atoms with Crippen molar-refractivity contribution in [2.24, 2.45) is 5.92 Å². The number of hydrogen-bond donors (Lipinski definition) is 1. The van der Waals surface area contributed by atoms with Crippen LogP contribution in [0.2, 0.25) is 5.02 Å². The van der Waals surface area contributed by atoms with Crippen LogP contribution in [0.25, 0.3) is 0 Å². The first kappa shape index (κ1) is 18.5. The molecular weight excluding hydrogens is 326 g/mol. The van der Waals surface area contributed by atoms with Gasteiger partial charge in [0.15, 0.2) is 0 Å². The van der Waals surface area contributed by atoms with Gasteiger partial charge >= 0.3 is 5.97 Å². The third kappa shape index (κ3) is 5.38. The van der Waals surface area contributed by atoms with Gasteiger partial charge in [0.1, 0.15) is 0 Å². The summed E-state index contributed by atoms with van der Waals surface area (Å²) in [7, 11) is 0. The number of hydrogen-bond acceptors (Lipinski definition) is 3. The van der Waals surface area contributed by atoms with E-state index in [4.69, 9.17) is 16.3 Å². The first-order valence-electron chi connectivity index (χ1n) is 8.36. The molecule has 0 bridgehead atoms. The van der Waals surface area contributed by atoms with Crippen LogP contribution in [0, 0.1) is 5.92 Å². The zero-order valence-corrected chi connectivity index (χ0v) is 14.9. The molecule has 0 fully saturated rings. The third-order valence-corrected chi connectivity index (χ3v) is 4.32. The summed E-state index contributed by atoms with van der Waals surface area (Å²) in [5.41, 5.74) is 0.736. The second-order valence-electron chi connectivity index (χ2n) is 6.31. The summed E-state index contributed by atoms with van der Waals surface area (Å²) in [5.74, 6) is -0.443. The Labute approximate surface area is 148 Å². The average Bonchev–Trinajstić information content (AvgIpc) is 2.54. The van der Waals surface area contributed by atoms with Gasteiger partial charge < -0.3 is 10.1 Å². The number of esters is 1. The topological polar surface area (TPSA) is 55.4 Å². The minimum absolute atomic E-state index is 0.0402. The van der Waals surface area contributed by atoms with Gasteiger partial charge in [0.05, 0.1) is 18.6 Å². The first-order chi connectivity index (χ1) is 11.5. The summed E-state index contributed by atoms with van der Waals surface area (Å²) in [5, 5.41) is 3.52. The molecule has 0 radical (unpaired) electrons. The number of carbonyl (C=O) groups is 2. The van der Waals surface area contributed by atoms with E-state index in [1.807, 2.05) is 24.3 Å². The summed E-state index contributed by atoms with van der Waals surface area (Å²) in [4.78, 5) is 24.6. The van der Waals surface area contributed by atoms with Gasteiger partial charge in [-0.25, -0.2) is 0 Å². The summed E-state index contributed by atoms with van der Waals surface area (Å²) in [6.07, 6.45) is 6.47. The van der Waals surface area contributed by atoms with Crippen LogP contribution >= 0.6 is 11.6 Å². The number of halogens is 1. The maximum absolute atomic E-state index is 12.6. The fraction of sp³-hybridized carbons (Fsp3) is 0.474. The summed E-state index contributed by atoms with van der Waals surface area (Å²) >= 11 is 6.26. The second-order valence-corrected chi connectivity index (χ2v) is 6.71. The minimum atomic E-state index is -0.483. The molecule has 1 N–H and O–H groups in total. The molecule has 0 saturated heterocycles. The van der Waals surface area contributed by atoms with Crippen LogP contribution in [0.1, 0.15) is 51.1 Å². The normalized spacial score (nSPS) is 18.2. The van der Waals surface area contributed by atoms with Crippen molar-refractivity contribution in [3.8, 4) is 0 Å². The number of allylic oxidation sites excluding steroid dienone is 2. The van der Waals surface area contributed by atoms with E-state index in [2.05, 4.69) is 11.4 Å². The SMILES string of the molecule is CC(C)OC(=O)C[C@H](NC(=O)[C@H]1CC=CCC1)c1ccccc1Cl. The highest BCUT2D eigenvalue weighted by molar-refractivity contribution is 6.31. The minimum Gasteiger partial charge on any atom is -0.463 e. The molecule has 0 saturated carbocycles. The van der Waals surface area contributed by atoms with Crippen molar-refractivity contribution in [3.63, 3.8) is 0 Å². The van der Waals surface area contributed by atoms with Gasteiger partial charge in [-0.15, -0.1) is 0 Å². The van der Waals surface area contributed by atoms with Gasteiger partial charge in [0.25, 0.3) is 0 Å². The Balaban J connectivity index is 2.13. The largest absolute Gasteiger partial charge is 0.463 e. The van der Waals surface area contributed by atoms with Crippen molar-refractivity contribution in [3.05, 3.63) is 47.0 Å². The van der Waals surface area contributed by atoms with Crippen LogP contribution < -0.4 is 5.32 Å². The van der Waals surface area contributed by atoms with Crippen LogP contribution in [0.5, 0.6) is 0 Å². The van der Waals surface area contributed by atoms with Crippen molar-refractivity contribution in [2.75, 3.05) is 0 Å². The molecule has 2 rings (SSSR count). The molecule has 0 aromatic heterocycles. The number of rotatable bonds is 6. The van der Waals surface area contributed by atoms with Crippen molar-refractivity contribution in [1.29, 1.82) is 0 Å². The van der Waals surface area contributed by atoms with Gasteiger partial charge in [-0.1, -0.05) is 42.0 Å². The molecule has 1 aromatic carbocycles. The van der Waals surface area contributed by atoms with Gasteiger partial charge in [-0.3, -0.25) is 9.59 Å². The summed E-state index contributed by atoms with van der Waals surface area (Å²) in [6, 6.07) is 6.77. The Bertz CT molecular complexity index is 612. The highest BCUT2D eigenvalue weighted by Gasteiger charge is 2.26. The lowest BCUT2D eigenvalue weighted by molar-refractivity contribution is -0.148. The van der Waals surface area contributed by atoms with Crippen LogP contribution in [0.3, 0.4) is 0 Å². The zero-order valence-electron chi connectivity index (χ0n) is 14.1. The van der Waals surface area contributed by atoms with Crippen molar-refractivity contribution >= 4 is 23.5 Å². The van der Waals surface area contributed by atoms with E-state index in [0.29, 0.717) is 5.02 Å². The van der Waals surface area contributed by atoms with E-state index >= 15 is 0 Å². The van der Waals surface area contributed by atoms with Crippen LogP contribution in [0.15, 0.2) is 36.4 Å². The molecule has 24 heavy (non-hydrogen) atoms. The van der Waals surface area contributed by atoms with Gasteiger partial charge in [-0.2, -0.15) is 0 Å². The number of carbonyl (C=O) groups excluding carboxylic acids is 2. The van der Waals surface area contributed by atoms with Crippen molar-refractivity contribution in [2.45, 2.75) is 51.7 Å². The molecule has 1 amide bonds. The Morgan fingerprint density at radius 1 is 1.29 bits per heavy atom. The summed E-state index contributed by atoms with van der Waals surface area (Å²) in [6.45, 7) is 3.60. The maximum Gasteiger partial charge on any atom is 0.308 e. The second kappa shape index (κ2) is 8.88. The van der Waals surface area contributed by atoms with E-state index in [1.165, 1.54) is 0 Å². The smallest absolute Gasteiger partial charge is 0.308 e. The van der Waals surface area contributed by atoms with Gasteiger partial charge in [0, 0.05) is 10.9 Å². The number of nitrogens with one attached hydrogen (secondary N) is 1. The molecule has 0 heterocycles. The molecule has 0 unspecified atom stereocenters. The Kier molecular flexibility index (Phi) is 6.85. The number of benzene rings is 1. The lowest BCUT2D eigenvalue weighted by Crippen LogP contribution is -2.36. The molecule has 0 aliphatic heterocycles. The third-order valence-electron chi connectivity index (χ3n) is 3.97. The predicted octanol–water partition coefficient (Wildman–Crippen LogP) is 4.20. The molecule has 130 valence electrons. The van der Waals surface area contributed by atoms with E-state index in [1.54, 1.807) is 19.9 Å². The number of amides is 1. The Hall–Kier alpha value is -1.81. The quantitative estimate of drug-likeness (QED) is 0.618. The molecule has 5 heteroatoms. The summed E-state index contributed by atoms with van der Waals surface area (Å²) < 4.78 is 5.22. The molecule has 1 aromatic rings. The Morgan fingerprint density at radius 2 is 2.04 bits per heavy atom. The van der Waals surface area contributed by atoms with Gasteiger partial charge in [0.2, 0.25) is 5.91 Å². The maximum atomic E-state index is 12.6. The van der Waals surface area contributed by atoms with Crippen molar-refractivity contribution in [1.82, 2.24) is 5.32 Å². The Morgan fingerprint density at radius 3 is 2.67 bits per heavy atom. The fourth-order valence-corrected chi connectivity index (χ4v) is 3.06. The highest BCUT2D eigenvalue weighted by Crippen LogP contribution is 2.27. The van der Waals surface area contributed by atoms with E-state index in [0.717, 1.165) is 24.8 Å². The van der Waals surface area contributed by atoms with Crippen molar-refractivity contribution < 1.29 is 14.3 Å². The lowest BCUT2D eigenvalue weighted by Gasteiger charge is -2.24. The molecule has 1 aliphatic rings. The number of ether oxygens (including phenoxy) is 1. The first-order valence-corrected chi connectivity index (χ1v) is 8.74. The van der Waals surface area contributed by atoms with E-state index in [9.17, 15) is 9.59 Å². The zero-order chi connectivity index (χ0) is 17.5. The monoisotopic (exact) mass is 349 g/mol. The van der Waals surface area contributed by atoms with Crippen LogP contribution in [0.4, 0.5) is 0 Å². The molecule has 1 aliphatic carbocycles. The van der Waals surface area contributed by atoms with E-state index < -0.39 is 6.04 Å².